The summed E-state index contributed by atoms with van der Waals surface area (Å²) in [6.45, 7) is 5.11. The summed E-state index contributed by atoms with van der Waals surface area (Å²) in [4.78, 5) is 22.4. The van der Waals surface area contributed by atoms with Crippen molar-refractivity contribution in [1.29, 1.82) is 0 Å². The van der Waals surface area contributed by atoms with Crippen LogP contribution in [0.2, 0.25) is 0 Å². The highest BCUT2D eigenvalue weighted by molar-refractivity contribution is 5.18. The molecule has 0 amide bonds. The number of nitrogens with zero attached hydrogens (tertiary/aromatic N) is 2. The van der Waals surface area contributed by atoms with Gasteiger partial charge in [-0.3, -0.25) is 13.9 Å². The van der Waals surface area contributed by atoms with Gasteiger partial charge in [-0.25, -0.2) is 4.79 Å². The molecular formula is C8H10N2O2. The highest BCUT2D eigenvalue weighted by Gasteiger charge is 2.01. The van der Waals surface area contributed by atoms with Crippen LogP contribution in [-0.2, 0) is 7.05 Å². The molecule has 4 nitrogen and oxygen atoms in total. The molecular weight excluding hydrogens is 156 g/mol. The van der Waals surface area contributed by atoms with E-state index in [1.807, 2.05) is 0 Å². The van der Waals surface area contributed by atoms with Gasteiger partial charge in [-0.05, 0) is 6.92 Å². The topological polar surface area (TPSA) is 44.0 Å². The third kappa shape index (κ3) is 1.11. The van der Waals surface area contributed by atoms with Crippen LogP contribution in [0.4, 0.5) is 0 Å². The Morgan fingerprint density at radius 2 is 2.08 bits per heavy atom. The second-order valence-electron chi connectivity index (χ2n) is 2.55. The Balaban J connectivity index is 3.73. The van der Waals surface area contributed by atoms with Gasteiger partial charge in [0.05, 0.1) is 0 Å². The zero-order chi connectivity index (χ0) is 9.30. The Bertz CT molecular complexity index is 426. The molecule has 0 aliphatic carbocycles. The largest absolute Gasteiger partial charge is 0.334 e. The van der Waals surface area contributed by atoms with Crippen molar-refractivity contribution in [2.45, 2.75) is 6.92 Å². The van der Waals surface area contributed by atoms with Crippen molar-refractivity contribution in [1.82, 2.24) is 9.13 Å². The summed E-state index contributed by atoms with van der Waals surface area (Å²) in [5.41, 5.74) is -0.115. The summed E-state index contributed by atoms with van der Waals surface area (Å²) in [5, 5.41) is 0. The molecule has 0 N–H and O–H groups in total. The summed E-state index contributed by atoms with van der Waals surface area (Å²) in [6.07, 6.45) is 2.84. The monoisotopic (exact) mass is 166 g/mol. The normalized spacial score (nSPS) is 9.83. The average molecular weight is 166 g/mol. The fraction of sp³-hybridized carbons (Fsp3) is 0.250. The molecule has 0 saturated heterocycles. The first kappa shape index (κ1) is 8.52. The molecule has 0 bridgehead atoms. The quantitative estimate of drug-likeness (QED) is 0.587. The van der Waals surface area contributed by atoms with Crippen LogP contribution in [0.1, 0.15) is 5.56 Å². The van der Waals surface area contributed by atoms with E-state index in [-0.39, 0.29) is 11.2 Å². The van der Waals surface area contributed by atoms with E-state index in [9.17, 15) is 9.59 Å². The number of hydrogen-bond acceptors (Lipinski definition) is 2. The van der Waals surface area contributed by atoms with E-state index >= 15 is 0 Å². The number of rotatable bonds is 1. The SMILES string of the molecule is C=Cn1cc(C)c(=O)n(C)c1=O. The van der Waals surface area contributed by atoms with E-state index in [1.54, 1.807) is 6.92 Å². The lowest BCUT2D eigenvalue weighted by atomic mass is 10.4. The van der Waals surface area contributed by atoms with Crippen LogP contribution in [0.15, 0.2) is 22.4 Å². The van der Waals surface area contributed by atoms with Crippen LogP contribution in [0.3, 0.4) is 0 Å². The maximum atomic E-state index is 11.2. The van der Waals surface area contributed by atoms with Gasteiger partial charge in [-0.15, -0.1) is 0 Å². The summed E-state index contributed by atoms with van der Waals surface area (Å²) >= 11 is 0. The van der Waals surface area contributed by atoms with Gasteiger partial charge >= 0.3 is 5.69 Å². The molecule has 0 aliphatic rings. The predicted molar refractivity (Wildman–Crippen MR) is 47.1 cm³/mol. The van der Waals surface area contributed by atoms with E-state index in [4.69, 9.17) is 0 Å². The third-order valence-corrected chi connectivity index (χ3v) is 1.68. The lowest BCUT2D eigenvalue weighted by Gasteiger charge is -2.02. The van der Waals surface area contributed by atoms with Gasteiger partial charge in [0.1, 0.15) is 0 Å². The van der Waals surface area contributed by atoms with Gasteiger partial charge in [0.25, 0.3) is 5.56 Å². The molecule has 0 atom stereocenters. The first-order valence-corrected chi connectivity index (χ1v) is 3.49. The van der Waals surface area contributed by atoms with Gasteiger partial charge < -0.3 is 0 Å². The lowest BCUT2D eigenvalue weighted by molar-refractivity contribution is 0.732. The minimum Gasteiger partial charge on any atom is -0.276 e. The number of aromatic nitrogens is 2. The minimum absolute atomic E-state index is 0.266. The van der Waals surface area contributed by atoms with Gasteiger partial charge in [0.15, 0.2) is 0 Å². The molecule has 0 saturated carbocycles. The molecule has 0 spiro atoms. The summed E-state index contributed by atoms with van der Waals surface area (Å²) < 4.78 is 2.33. The van der Waals surface area contributed by atoms with E-state index in [0.29, 0.717) is 5.56 Å². The van der Waals surface area contributed by atoms with Gasteiger partial charge in [0, 0.05) is 25.0 Å². The zero-order valence-electron chi connectivity index (χ0n) is 7.07. The lowest BCUT2D eigenvalue weighted by Crippen LogP contribution is -2.37. The van der Waals surface area contributed by atoms with Crippen LogP contribution in [0, 0.1) is 6.92 Å². The Morgan fingerprint density at radius 3 is 2.58 bits per heavy atom. The molecule has 1 aromatic rings. The second kappa shape index (κ2) is 2.81. The maximum Gasteiger partial charge on any atom is 0.334 e. The highest BCUT2D eigenvalue weighted by atomic mass is 16.2. The van der Waals surface area contributed by atoms with Gasteiger partial charge in [0.2, 0.25) is 0 Å². The van der Waals surface area contributed by atoms with Crippen molar-refractivity contribution in [3.8, 4) is 0 Å². The minimum atomic E-state index is -0.374. The smallest absolute Gasteiger partial charge is 0.276 e. The van der Waals surface area contributed by atoms with Crippen molar-refractivity contribution in [3.05, 3.63) is 39.2 Å². The molecule has 64 valence electrons. The van der Waals surface area contributed by atoms with E-state index < -0.39 is 0 Å². The van der Waals surface area contributed by atoms with Crippen molar-refractivity contribution in [2.75, 3.05) is 0 Å². The van der Waals surface area contributed by atoms with Crippen molar-refractivity contribution < 1.29 is 0 Å². The highest BCUT2D eigenvalue weighted by Crippen LogP contribution is 1.84. The Labute approximate surface area is 69.4 Å². The molecule has 1 aromatic heterocycles. The third-order valence-electron chi connectivity index (χ3n) is 1.68. The van der Waals surface area contributed by atoms with Crippen LogP contribution in [-0.4, -0.2) is 9.13 Å². The average Bonchev–Trinajstić information content (AvgIpc) is 2.08. The molecule has 1 rings (SSSR count). The van der Waals surface area contributed by atoms with Crippen molar-refractivity contribution in [2.24, 2.45) is 7.05 Å². The Morgan fingerprint density at radius 1 is 1.50 bits per heavy atom. The second-order valence-corrected chi connectivity index (χ2v) is 2.55. The van der Waals surface area contributed by atoms with Crippen LogP contribution in [0.25, 0.3) is 6.20 Å². The summed E-state index contributed by atoms with van der Waals surface area (Å²) in [5.74, 6) is 0. The predicted octanol–water partition coefficient (Wildman–Crippen LogP) is -0.0441. The molecule has 0 unspecified atom stereocenters. The number of aryl methyl sites for hydroxylation is 1. The maximum absolute atomic E-state index is 11.2. The Hall–Kier alpha value is -1.58. The van der Waals surface area contributed by atoms with Crippen LogP contribution < -0.4 is 11.2 Å². The molecule has 12 heavy (non-hydrogen) atoms. The fourth-order valence-corrected chi connectivity index (χ4v) is 0.974. The van der Waals surface area contributed by atoms with Gasteiger partial charge in [-0.1, -0.05) is 6.58 Å². The molecule has 0 aromatic carbocycles. The fourth-order valence-electron chi connectivity index (χ4n) is 0.974. The van der Waals surface area contributed by atoms with E-state index in [0.717, 1.165) is 4.57 Å². The van der Waals surface area contributed by atoms with Crippen LogP contribution in [0.5, 0.6) is 0 Å². The molecule has 4 heteroatoms. The molecule has 1 heterocycles. The zero-order valence-corrected chi connectivity index (χ0v) is 7.07. The number of hydrogen-bond donors (Lipinski definition) is 0. The van der Waals surface area contributed by atoms with Gasteiger partial charge in [-0.2, -0.15) is 0 Å². The Kier molecular flexibility index (Phi) is 1.99. The summed E-state index contributed by atoms with van der Waals surface area (Å²) in [6, 6.07) is 0. The molecule has 0 aliphatic heterocycles. The first-order chi connectivity index (χ1) is 5.57. The van der Waals surface area contributed by atoms with Crippen molar-refractivity contribution >= 4 is 6.20 Å². The summed E-state index contributed by atoms with van der Waals surface area (Å²) in [7, 11) is 1.44. The molecule has 0 fully saturated rings. The standard InChI is InChI=1S/C8H10N2O2/c1-4-10-5-6(2)7(11)9(3)8(10)12/h4-5H,1H2,2-3H3. The van der Waals surface area contributed by atoms with Crippen LogP contribution >= 0.6 is 0 Å². The molecule has 0 radical (unpaired) electrons. The van der Waals surface area contributed by atoms with E-state index in [2.05, 4.69) is 6.58 Å². The first-order valence-electron chi connectivity index (χ1n) is 3.49. The van der Waals surface area contributed by atoms with Crippen molar-refractivity contribution in [3.63, 3.8) is 0 Å². The van der Waals surface area contributed by atoms with E-state index in [1.165, 1.54) is 24.0 Å².